The van der Waals surface area contributed by atoms with Gasteiger partial charge in [0.2, 0.25) is 0 Å². The average Bonchev–Trinajstić information content (AvgIpc) is 3.05. The van der Waals surface area contributed by atoms with Gasteiger partial charge in [0.15, 0.2) is 0 Å². The molecule has 1 aromatic rings. The van der Waals surface area contributed by atoms with Crippen molar-refractivity contribution in [1.29, 1.82) is 0 Å². The van der Waals surface area contributed by atoms with Gasteiger partial charge in [-0.25, -0.2) is 4.98 Å². The molecule has 2 N–H and O–H groups in total. The maximum atomic E-state index is 11.2. The van der Waals surface area contributed by atoms with Crippen molar-refractivity contribution in [2.75, 3.05) is 7.05 Å². The highest BCUT2D eigenvalue weighted by Gasteiger charge is 2.26. The Labute approximate surface area is 97.3 Å². The van der Waals surface area contributed by atoms with Gasteiger partial charge in [-0.1, -0.05) is 0 Å². The highest BCUT2D eigenvalue weighted by Crippen LogP contribution is 2.40. The Hall–Kier alpha value is -1.43. The van der Waals surface area contributed by atoms with Crippen molar-refractivity contribution in [3.05, 3.63) is 16.1 Å². The third kappa shape index (κ3) is 2.57. The van der Waals surface area contributed by atoms with Gasteiger partial charge >= 0.3 is 11.8 Å². The molecule has 0 atom stereocenters. The van der Waals surface area contributed by atoms with E-state index in [1.807, 2.05) is 5.38 Å². The number of nitrogens with zero attached hydrogens (tertiary/aromatic N) is 1. The van der Waals surface area contributed by atoms with Gasteiger partial charge in [0.05, 0.1) is 12.2 Å². The summed E-state index contributed by atoms with van der Waals surface area (Å²) in [5.41, 5.74) is 1.12. The molecule has 1 aliphatic carbocycles. The molecule has 1 aliphatic rings. The number of carbonyl (C=O) groups is 2. The van der Waals surface area contributed by atoms with Crippen LogP contribution in [0.25, 0.3) is 0 Å². The second-order valence-electron chi connectivity index (χ2n) is 3.70. The fourth-order valence-corrected chi connectivity index (χ4v) is 2.14. The SMILES string of the molecule is CNC(=O)C(=O)NCc1nc(C2CC2)cs1. The van der Waals surface area contributed by atoms with E-state index >= 15 is 0 Å². The molecule has 16 heavy (non-hydrogen) atoms. The van der Waals surface area contributed by atoms with Gasteiger partial charge in [-0.15, -0.1) is 11.3 Å². The number of likely N-dealkylation sites (N-methyl/N-ethyl adjacent to an activating group) is 1. The second kappa shape index (κ2) is 4.61. The molecule has 1 heterocycles. The maximum Gasteiger partial charge on any atom is 0.309 e. The molecule has 6 heteroatoms. The smallest absolute Gasteiger partial charge is 0.309 e. The van der Waals surface area contributed by atoms with Crippen molar-refractivity contribution in [2.24, 2.45) is 0 Å². The lowest BCUT2D eigenvalue weighted by Gasteiger charge is -2.00. The van der Waals surface area contributed by atoms with Crippen LogP contribution in [-0.4, -0.2) is 23.8 Å². The summed E-state index contributed by atoms with van der Waals surface area (Å²) in [5.74, 6) is -0.621. The Balaban J connectivity index is 1.84. The minimum Gasteiger partial charge on any atom is -0.351 e. The Bertz CT molecular complexity index is 412. The number of hydrogen-bond acceptors (Lipinski definition) is 4. The van der Waals surface area contributed by atoms with Crippen LogP contribution in [0.1, 0.15) is 29.5 Å². The molecule has 0 bridgehead atoms. The van der Waals surface area contributed by atoms with E-state index in [1.165, 1.54) is 31.2 Å². The summed E-state index contributed by atoms with van der Waals surface area (Å²) in [4.78, 5) is 26.5. The van der Waals surface area contributed by atoms with Gasteiger partial charge in [0.25, 0.3) is 0 Å². The maximum absolute atomic E-state index is 11.2. The van der Waals surface area contributed by atoms with Crippen LogP contribution in [0, 0.1) is 0 Å². The molecule has 2 rings (SSSR count). The summed E-state index contributed by atoms with van der Waals surface area (Å²) in [6.45, 7) is 0.323. The minimum absolute atomic E-state index is 0.323. The largest absolute Gasteiger partial charge is 0.351 e. The topological polar surface area (TPSA) is 71.1 Å². The first-order chi connectivity index (χ1) is 7.70. The van der Waals surface area contributed by atoms with E-state index in [4.69, 9.17) is 0 Å². The molecule has 1 saturated carbocycles. The Kier molecular flexibility index (Phi) is 3.19. The van der Waals surface area contributed by atoms with Crippen LogP contribution in [0.5, 0.6) is 0 Å². The number of nitrogens with one attached hydrogen (secondary N) is 2. The van der Waals surface area contributed by atoms with E-state index < -0.39 is 11.8 Å². The Morgan fingerprint density at radius 3 is 2.88 bits per heavy atom. The van der Waals surface area contributed by atoms with Crippen molar-refractivity contribution in [3.8, 4) is 0 Å². The van der Waals surface area contributed by atoms with E-state index in [1.54, 1.807) is 0 Å². The molecule has 0 aliphatic heterocycles. The van der Waals surface area contributed by atoms with Gasteiger partial charge in [-0.3, -0.25) is 9.59 Å². The molecular formula is C10H13N3O2S. The molecule has 1 fully saturated rings. The van der Waals surface area contributed by atoms with Crippen LogP contribution in [0.4, 0.5) is 0 Å². The molecule has 2 amide bonds. The summed E-state index contributed by atoms with van der Waals surface area (Å²) in [5, 5.41) is 7.66. The zero-order chi connectivity index (χ0) is 11.5. The monoisotopic (exact) mass is 239 g/mol. The number of aromatic nitrogens is 1. The van der Waals surface area contributed by atoms with E-state index in [2.05, 4.69) is 15.6 Å². The summed E-state index contributed by atoms with van der Waals surface area (Å²) in [7, 11) is 1.43. The summed E-state index contributed by atoms with van der Waals surface area (Å²) in [6.07, 6.45) is 2.43. The third-order valence-electron chi connectivity index (χ3n) is 2.40. The quantitative estimate of drug-likeness (QED) is 0.749. The van der Waals surface area contributed by atoms with E-state index in [9.17, 15) is 9.59 Å². The van der Waals surface area contributed by atoms with Gasteiger partial charge < -0.3 is 10.6 Å². The lowest BCUT2D eigenvalue weighted by atomic mass is 10.3. The van der Waals surface area contributed by atoms with Crippen LogP contribution in [0.15, 0.2) is 5.38 Å². The van der Waals surface area contributed by atoms with Gasteiger partial charge in [-0.2, -0.15) is 0 Å². The van der Waals surface area contributed by atoms with Crippen molar-refractivity contribution in [1.82, 2.24) is 15.6 Å². The van der Waals surface area contributed by atoms with Crippen LogP contribution >= 0.6 is 11.3 Å². The van der Waals surface area contributed by atoms with Gasteiger partial charge in [0, 0.05) is 18.3 Å². The zero-order valence-electron chi connectivity index (χ0n) is 8.95. The van der Waals surface area contributed by atoms with Gasteiger partial charge in [-0.05, 0) is 12.8 Å². The number of hydrogen-bond donors (Lipinski definition) is 2. The first-order valence-electron chi connectivity index (χ1n) is 5.15. The number of rotatable bonds is 3. The molecule has 0 aromatic carbocycles. The standard InChI is InChI=1S/C10H13N3O2S/c1-11-9(14)10(15)12-4-8-13-7(5-16-8)6-2-3-6/h5-6H,2-4H2,1H3,(H,11,14)(H,12,15). The summed E-state index contributed by atoms with van der Waals surface area (Å²) < 4.78 is 0. The van der Waals surface area contributed by atoms with Crippen molar-refractivity contribution >= 4 is 23.2 Å². The Morgan fingerprint density at radius 1 is 1.50 bits per heavy atom. The highest BCUT2D eigenvalue weighted by molar-refractivity contribution is 7.09. The van der Waals surface area contributed by atoms with Crippen LogP contribution < -0.4 is 10.6 Å². The third-order valence-corrected chi connectivity index (χ3v) is 3.27. The fraction of sp³-hybridized carbons (Fsp3) is 0.500. The zero-order valence-corrected chi connectivity index (χ0v) is 9.76. The Morgan fingerprint density at radius 2 is 2.25 bits per heavy atom. The molecule has 0 spiro atoms. The summed E-state index contributed by atoms with van der Waals surface area (Å²) >= 11 is 1.52. The molecule has 1 aromatic heterocycles. The van der Waals surface area contributed by atoms with E-state index in [0.717, 1.165) is 10.7 Å². The van der Waals surface area contributed by atoms with Gasteiger partial charge in [0.1, 0.15) is 5.01 Å². The molecule has 5 nitrogen and oxygen atoms in total. The molecule has 86 valence electrons. The lowest BCUT2D eigenvalue weighted by Crippen LogP contribution is -2.37. The first kappa shape index (κ1) is 11.1. The van der Waals surface area contributed by atoms with Crippen LogP contribution in [-0.2, 0) is 16.1 Å². The minimum atomic E-state index is -0.626. The lowest BCUT2D eigenvalue weighted by molar-refractivity contribution is -0.139. The average molecular weight is 239 g/mol. The van der Waals surface area contributed by atoms with Crippen molar-refractivity contribution < 1.29 is 9.59 Å². The molecular weight excluding hydrogens is 226 g/mol. The fourth-order valence-electron chi connectivity index (χ4n) is 1.32. The van der Waals surface area contributed by atoms with Crippen LogP contribution in [0.3, 0.4) is 0 Å². The summed E-state index contributed by atoms with van der Waals surface area (Å²) in [6, 6.07) is 0. The van der Waals surface area contributed by atoms with E-state index in [-0.39, 0.29) is 0 Å². The van der Waals surface area contributed by atoms with Crippen LogP contribution in [0.2, 0.25) is 0 Å². The van der Waals surface area contributed by atoms with E-state index in [0.29, 0.717) is 12.5 Å². The number of amides is 2. The predicted octanol–water partition coefficient (Wildman–Crippen LogP) is 0.383. The molecule has 0 unspecified atom stereocenters. The van der Waals surface area contributed by atoms with Crippen molar-refractivity contribution in [2.45, 2.75) is 25.3 Å². The number of carbonyl (C=O) groups excluding carboxylic acids is 2. The number of thiazole rings is 1. The predicted molar refractivity (Wildman–Crippen MR) is 60.0 cm³/mol. The normalized spacial score (nSPS) is 14.6. The molecule has 0 saturated heterocycles. The van der Waals surface area contributed by atoms with Crippen molar-refractivity contribution in [3.63, 3.8) is 0 Å². The second-order valence-corrected chi connectivity index (χ2v) is 4.64. The molecule has 0 radical (unpaired) electrons. The first-order valence-corrected chi connectivity index (χ1v) is 6.03. The highest BCUT2D eigenvalue weighted by atomic mass is 32.1.